The van der Waals surface area contributed by atoms with Crippen molar-refractivity contribution < 1.29 is 13.6 Å². The number of nitrogens with zero attached hydrogens (tertiary/aromatic N) is 2. The molecule has 158 valence electrons. The van der Waals surface area contributed by atoms with Crippen molar-refractivity contribution in [3.8, 4) is 0 Å². The van der Waals surface area contributed by atoms with Gasteiger partial charge in [-0.2, -0.15) is 0 Å². The van der Waals surface area contributed by atoms with Gasteiger partial charge in [0.25, 0.3) is 0 Å². The number of imidazole rings is 1. The van der Waals surface area contributed by atoms with Gasteiger partial charge in [-0.05, 0) is 15.8 Å². The Labute approximate surface area is 179 Å². The minimum absolute atomic E-state index is 0.108. The zero-order valence-electron chi connectivity index (χ0n) is 18.0. The van der Waals surface area contributed by atoms with Gasteiger partial charge in [-0.15, -0.1) is 0 Å². The molecule has 1 aromatic heterocycles. The molecule has 1 heterocycles. The van der Waals surface area contributed by atoms with E-state index in [1.165, 1.54) is 17.3 Å². The molecule has 1 unspecified atom stereocenters. The van der Waals surface area contributed by atoms with Crippen molar-refractivity contribution in [2.75, 3.05) is 6.67 Å². The third-order valence-electron chi connectivity index (χ3n) is 4.97. The first-order valence-electron chi connectivity index (χ1n) is 10.2. The van der Waals surface area contributed by atoms with Crippen LogP contribution in [-0.4, -0.2) is 31.0 Å². The van der Waals surface area contributed by atoms with E-state index in [-0.39, 0.29) is 29.7 Å². The molecule has 0 N–H and O–H groups in total. The van der Waals surface area contributed by atoms with E-state index in [4.69, 9.17) is 4.43 Å². The zero-order chi connectivity index (χ0) is 21.7. The van der Waals surface area contributed by atoms with Gasteiger partial charge in [0.2, 0.25) is 9.04 Å². The minimum Gasteiger partial charge on any atom is -0.402 e. The van der Waals surface area contributed by atoms with Crippen molar-refractivity contribution in [1.82, 2.24) is 9.55 Å². The van der Waals surface area contributed by atoms with Crippen LogP contribution >= 0.6 is 0 Å². The molecule has 30 heavy (non-hydrogen) atoms. The van der Waals surface area contributed by atoms with Crippen molar-refractivity contribution in [2.24, 2.45) is 5.41 Å². The number of benzene rings is 2. The Hall–Kier alpha value is -2.57. The second-order valence-corrected chi connectivity index (χ2v) is 10.9. The fraction of sp³-hybridized carbons (Fsp3) is 0.333. The number of Topliss-reactive ketones (excluding diaryl/α,β-unsaturated/α-hetero) is 1. The highest BCUT2D eigenvalue weighted by molar-refractivity contribution is 6.80. The minimum atomic E-state index is -2.03. The smallest absolute Gasteiger partial charge is 0.240 e. The Balaban J connectivity index is 2.05. The molecule has 6 heteroatoms. The van der Waals surface area contributed by atoms with Gasteiger partial charge >= 0.3 is 0 Å². The van der Waals surface area contributed by atoms with Crippen molar-refractivity contribution in [3.63, 3.8) is 0 Å². The van der Waals surface area contributed by atoms with Gasteiger partial charge in [-0.3, -0.25) is 4.79 Å². The highest BCUT2D eigenvalue weighted by atomic mass is 28.3. The van der Waals surface area contributed by atoms with Gasteiger partial charge in [0.15, 0.2) is 11.6 Å². The first-order valence-corrected chi connectivity index (χ1v) is 11.8. The van der Waals surface area contributed by atoms with Crippen LogP contribution in [0.4, 0.5) is 4.39 Å². The standard InChI is InChI=1S/C24H29FN2O2Si/c1-18(28)23-26-21(17-27(23)16-15-25)22(24(2,3)4)29-30(19-11-7-5-8-12-19)20-13-9-6-10-14-20/h5-14,17,22,30H,15-16H2,1-4H3. The molecule has 0 fully saturated rings. The molecular formula is C24H29FN2O2Si. The summed E-state index contributed by atoms with van der Waals surface area (Å²) in [6.45, 7) is 7.31. The third-order valence-corrected chi connectivity index (χ3v) is 7.49. The molecule has 0 radical (unpaired) electrons. The molecule has 3 rings (SSSR count). The molecule has 0 aliphatic rings. The van der Waals surface area contributed by atoms with Crippen molar-refractivity contribution in [1.29, 1.82) is 0 Å². The van der Waals surface area contributed by atoms with Crippen LogP contribution in [-0.2, 0) is 11.0 Å². The van der Waals surface area contributed by atoms with E-state index in [0.717, 1.165) is 0 Å². The predicted molar refractivity (Wildman–Crippen MR) is 121 cm³/mol. The Bertz CT molecular complexity index is 928. The first-order chi connectivity index (χ1) is 14.3. The lowest BCUT2D eigenvalue weighted by Gasteiger charge is -2.33. The largest absolute Gasteiger partial charge is 0.402 e. The second-order valence-electron chi connectivity index (χ2n) is 8.51. The summed E-state index contributed by atoms with van der Waals surface area (Å²) in [5.41, 5.74) is 0.406. The molecule has 3 aromatic rings. The Morgan fingerprint density at radius 2 is 1.60 bits per heavy atom. The topological polar surface area (TPSA) is 44.1 Å². The Morgan fingerprint density at radius 3 is 2.03 bits per heavy atom. The SMILES string of the molecule is CC(=O)c1nc(C(O[SiH](c2ccccc2)c2ccccc2)C(C)(C)C)cn1CCF. The number of halogens is 1. The van der Waals surface area contributed by atoms with Gasteiger partial charge < -0.3 is 8.99 Å². The second kappa shape index (κ2) is 9.49. The Morgan fingerprint density at radius 1 is 1.07 bits per heavy atom. The van der Waals surface area contributed by atoms with E-state index >= 15 is 0 Å². The molecular weight excluding hydrogens is 395 g/mol. The molecule has 0 aliphatic carbocycles. The summed E-state index contributed by atoms with van der Waals surface area (Å²) in [6, 6.07) is 20.5. The van der Waals surface area contributed by atoms with E-state index < -0.39 is 15.7 Å². The van der Waals surface area contributed by atoms with Crippen molar-refractivity contribution in [2.45, 2.75) is 40.3 Å². The molecule has 0 saturated carbocycles. The highest BCUT2D eigenvalue weighted by Gasteiger charge is 2.34. The average molecular weight is 425 g/mol. The maximum Gasteiger partial charge on any atom is 0.240 e. The Kier molecular flexibility index (Phi) is 7.00. The number of aryl methyl sites for hydroxylation is 1. The van der Waals surface area contributed by atoms with Gasteiger partial charge in [0.05, 0.1) is 18.3 Å². The summed E-state index contributed by atoms with van der Waals surface area (Å²) in [6.07, 6.45) is 1.43. The van der Waals surface area contributed by atoms with Gasteiger partial charge in [0, 0.05) is 13.1 Å². The van der Waals surface area contributed by atoms with Crippen LogP contribution in [0.15, 0.2) is 66.9 Å². The lowest BCUT2D eigenvalue weighted by molar-refractivity contribution is 0.0857. The number of carbonyl (C=O) groups excluding carboxylic acids is 1. The lowest BCUT2D eigenvalue weighted by Crippen LogP contribution is -2.47. The van der Waals surface area contributed by atoms with Gasteiger partial charge in [-0.1, -0.05) is 81.4 Å². The van der Waals surface area contributed by atoms with Crippen LogP contribution in [0.3, 0.4) is 0 Å². The van der Waals surface area contributed by atoms with E-state index in [1.54, 1.807) is 10.8 Å². The third kappa shape index (κ3) is 5.12. The maximum atomic E-state index is 13.0. The summed E-state index contributed by atoms with van der Waals surface area (Å²) < 4.78 is 21.5. The number of carbonyl (C=O) groups is 1. The van der Waals surface area contributed by atoms with E-state index in [9.17, 15) is 9.18 Å². The van der Waals surface area contributed by atoms with Crippen LogP contribution in [0.1, 0.15) is 50.1 Å². The number of aromatic nitrogens is 2. The molecule has 4 nitrogen and oxygen atoms in total. The molecule has 0 aliphatic heterocycles. The fourth-order valence-corrected chi connectivity index (χ4v) is 6.23. The zero-order valence-corrected chi connectivity index (χ0v) is 19.2. The molecule has 0 bridgehead atoms. The fourth-order valence-electron chi connectivity index (χ4n) is 3.56. The van der Waals surface area contributed by atoms with E-state index in [0.29, 0.717) is 5.69 Å². The van der Waals surface area contributed by atoms with Crippen molar-refractivity contribution in [3.05, 3.63) is 78.4 Å². The summed E-state index contributed by atoms with van der Waals surface area (Å²) >= 11 is 0. The van der Waals surface area contributed by atoms with Crippen LogP contribution in [0.2, 0.25) is 0 Å². The predicted octanol–water partition coefficient (Wildman–Crippen LogP) is 3.70. The number of hydrogen-bond donors (Lipinski definition) is 0. The number of hydrogen-bond acceptors (Lipinski definition) is 3. The van der Waals surface area contributed by atoms with E-state index in [2.05, 4.69) is 50.0 Å². The normalized spacial score (nSPS) is 12.9. The lowest BCUT2D eigenvalue weighted by atomic mass is 9.87. The number of rotatable bonds is 8. The van der Waals surface area contributed by atoms with Crippen LogP contribution in [0.25, 0.3) is 0 Å². The summed E-state index contributed by atoms with van der Waals surface area (Å²) in [5.74, 6) is 0.0976. The molecule has 0 amide bonds. The maximum absolute atomic E-state index is 13.0. The summed E-state index contributed by atoms with van der Waals surface area (Å²) in [4.78, 5) is 16.6. The quantitative estimate of drug-likeness (QED) is 0.409. The highest BCUT2D eigenvalue weighted by Crippen LogP contribution is 2.36. The van der Waals surface area contributed by atoms with Gasteiger partial charge in [0.1, 0.15) is 6.67 Å². The van der Waals surface area contributed by atoms with E-state index in [1.807, 2.05) is 36.4 Å². The average Bonchev–Trinajstić information content (AvgIpc) is 3.13. The van der Waals surface area contributed by atoms with Crippen LogP contribution in [0.5, 0.6) is 0 Å². The molecule has 0 spiro atoms. The van der Waals surface area contributed by atoms with Crippen molar-refractivity contribution >= 4 is 25.2 Å². The number of ketones is 1. The van der Waals surface area contributed by atoms with Gasteiger partial charge in [-0.25, -0.2) is 9.37 Å². The molecule has 2 aromatic carbocycles. The van der Waals surface area contributed by atoms with Crippen LogP contribution < -0.4 is 10.4 Å². The summed E-state index contributed by atoms with van der Waals surface area (Å²) in [7, 11) is -2.03. The first kappa shape index (κ1) is 22.1. The monoisotopic (exact) mass is 424 g/mol. The molecule has 1 atom stereocenters. The molecule has 0 saturated heterocycles. The number of alkyl halides is 1. The summed E-state index contributed by atoms with van der Waals surface area (Å²) in [5, 5.41) is 2.35. The van der Waals surface area contributed by atoms with Crippen LogP contribution in [0, 0.1) is 5.41 Å².